The average Bonchev–Trinajstić information content (AvgIpc) is 3.39. The number of morpholine rings is 1. The van der Waals surface area contributed by atoms with Gasteiger partial charge >= 0.3 is 0 Å². The Bertz CT molecular complexity index is 1340. The number of rotatable bonds is 8. The highest BCUT2D eigenvalue weighted by atomic mass is 16.5. The first-order valence-corrected chi connectivity index (χ1v) is 13.8. The third-order valence-electron chi connectivity index (χ3n) is 7.85. The predicted molar refractivity (Wildman–Crippen MR) is 149 cm³/mol. The molecule has 4 aromatic rings. The third-order valence-corrected chi connectivity index (χ3v) is 7.85. The van der Waals surface area contributed by atoms with Crippen molar-refractivity contribution in [3.8, 4) is 11.4 Å². The number of aromatic nitrogens is 4. The van der Waals surface area contributed by atoms with Gasteiger partial charge in [0.05, 0.1) is 26.1 Å². The fourth-order valence-electron chi connectivity index (χ4n) is 5.60. The quantitative estimate of drug-likeness (QED) is 0.385. The van der Waals surface area contributed by atoms with Gasteiger partial charge in [-0.2, -0.15) is 0 Å². The van der Waals surface area contributed by atoms with Crippen molar-refractivity contribution < 1.29 is 9.84 Å². The lowest BCUT2D eigenvalue weighted by Crippen LogP contribution is -2.37. The van der Waals surface area contributed by atoms with Crippen molar-refractivity contribution in [2.75, 3.05) is 50.8 Å². The molecule has 0 spiro atoms. The van der Waals surface area contributed by atoms with Crippen LogP contribution in [-0.2, 0) is 24.3 Å². The molecule has 0 atom stereocenters. The summed E-state index contributed by atoms with van der Waals surface area (Å²) in [4.78, 5) is 19.7. The molecular formula is C30H36N6O2. The van der Waals surface area contributed by atoms with Gasteiger partial charge in [-0.15, -0.1) is 0 Å². The first-order chi connectivity index (χ1) is 18.8. The van der Waals surface area contributed by atoms with Gasteiger partial charge in [0.15, 0.2) is 22.8 Å². The lowest BCUT2D eigenvalue weighted by Gasteiger charge is -2.32. The first kappa shape index (κ1) is 25.0. The van der Waals surface area contributed by atoms with Crippen molar-refractivity contribution in [2.24, 2.45) is 5.92 Å². The zero-order chi connectivity index (χ0) is 25.7. The number of aliphatic hydroxyl groups is 1. The summed E-state index contributed by atoms with van der Waals surface area (Å²) in [6, 6.07) is 18.6. The second kappa shape index (κ2) is 11.6. The third kappa shape index (κ3) is 5.57. The Morgan fingerprint density at radius 1 is 0.895 bits per heavy atom. The minimum absolute atomic E-state index is 0.00557. The van der Waals surface area contributed by atoms with Crippen LogP contribution in [0.3, 0.4) is 0 Å². The minimum atomic E-state index is -0.00557. The molecule has 38 heavy (non-hydrogen) atoms. The van der Waals surface area contributed by atoms with Gasteiger partial charge < -0.3 is 24.2 Å². The number of hydrogen-bond donors (Lipinski definition) is 1. The summed E-state index contributed by atoms with van der Waals surface area (Å²) in [5, 5.41) is 9.66. The molecule has 0 bridgehead atoms. The fraction of sp³-hybridized carbons (Fsp3) is 0.433. The standard InChI is InChI=1S/C30H36N6O2/c37-21-25-7-4-8-26(19-25)28-32-29(35-15-17-38-18-16-35)27-30(33-28)36(22-31-27)20-24-10-13-34(14-11-24)12-9-23-5-2-1-3-6-23/h1-8,19,22,24,37H,9-18,20-21H2. The zero-order valence-electron chi connectivity index (χ0n) is 21.9. The fourth-order valence-corrected chi connectivity index (χ4v) is 5.60. The van der Waals surface area contributed by atoms with Crippen LogP contribution in [0.15, 0.2) is 60.9 Å². The molecule has 2 aromatic heterocycles. The van der Waals surface area contributed by atoms with E-state index in [1.165, 1.54) is 18.4 Å². The highest BCUT2D eigenvalue weighted by Crippen LogP contribution is 2.29. The van der Waals surface area contributed by atoms with Crippen molar-refractivity contribution in [2.45, 2.75) is 32.4 Å². The van der Waals surface area contributed by atoms with Crippen molar-refractivity contribution in [1.29, 1.82) is 0 Å². The molecule has 2 fully saturated rings. The molecule has 1 N–H and O–H groups in total. The van der Waals surface area contributed by atoms with E-state index in [4.69, 9.17) is 19.7 Å². The van der Waals surface area contributed by atoms with E-state index < -0.39 is 0 Å². The van der Waals surface area contributed by atoms with Crippen molar-refractivity contribution in [3.63, 3.8) is 0 Å². The van der Waals surface area contributed by atoms with E-state index >= 15 is 0 Å². The Kier molecular flexibility index (Phi) is 7.62. The molecule has 6 rings (SSSR count). The second-order valence-corrected chi connectivity index (χ2v) is 10.4. The molecule has 0 unspecified atom stereocenters. The van der Waals surface area contributed by atoms with Gasteiger partial charge in [0, 0.05) is 31.7 Å². The lowest BCUT2D eigenvalue weighted by molar-refractivity contribution is 0.122. The SMILES string of the molecule is OCc1cccc(-c2nc(N3CCOCC3)c3ncn(CC4CCN(CCc5ccccc5)CC4)c3n2)c1. The zero-order valence-corrected chi connectivity index (χ0v) is 21.9. The van der Waals surface area contributed by atoms with Gasteiger partial charge in [-0.05, 0) is 55.5 Å². The van der Waals surface area contributed by atoms with Crippen LogP contribution in [0.5, 0.6) is 0 Å². The monoisotopic (exact) mass is 512 g/mol. The van der Waals surface area contributed by atoms with E-state index in [0.29, 0.717) is 25.0 Å². The van der Waals surface area contributed by atoms with Crippen LogP contribution >= 0.6 is 0 Å². The number of nitrogens with zero attached hydrogens (tertiary/aromatic N) is 6. The first-order valence-electron chi connectivity index (χ1n) is 13.8. The van der Waals surface area contributed by atoms with Gasteiger partial charge in [-0.3, -0.25) is 0 Å². The molecule has 2 aromatic carbocycles. The molecule has 0 saturated carbocycles. The molecule has 4 heterocycles. The van der Waals surface area contributed by atoms with Crippen molar-refractivity contribution in [3.05, 3.63) is 72.1 Å². The van der Waals surface area contributed by atoms with E-state index in [0.717, 1.165) is 73.8 Å². The predicted octanol–water partition coefficient (Wildman–Crippen LogP) is 3.78. The van der Waals surface area contributed by atoms with Crippen LogP contribution < -0.4 is 4.90 Å². The maximum Gasteiger partial charge on any atom is 0.166 e. The molecule has 0 radical (unpaired) electrons. The summed E-state index contributed by atoms with van der Waals surface area (Å²) in [5.74, 6) is 2.15. The summed E-state index contributed by atoms with van der Waals surface area (Å²) in [5.41, 5.74) is 4.92. The number of fused-ring (bicyclic) bond motifs is 1. The molecule has 8 heteroatoms. The molecule has 0 aliphatic carbocycles. The van der Waals surface area contributed by atoms with Gasteiger partial charge in [0.2, 0.25) is 0 Å². The topological polar surface area (TPSA) is 79.5 Å². The van der Waals surface area contributed by atoms with Gasteiger partial charge in [-0.1, -0.05) is 48.5 Å². The summed E-state index contributed by atoms with van der Waals surface area (Å²) in [6.45, 7) is 7.25. The summed E-state index contributed by atoms with van der Waals surface area (Å²) >= 11 is 0. The number of ether oxygens (including phenoxy) is 1. The maximum atomic E-state index is 9.66. The van der Waals surface area contributed by atoms with Gasteiger partial charge in [-0.25, -0.2) is 15.0 Å². The van der Waals surface area contributed by atoms with E-state index in [1.54, 1.807) is 0 Å². The van der Waals surface area contributed by atoms with Crippen LogP contribution in [0.4, 0.5) is 5.82 Å². The molecule has 2 aliphatic heterocycles. The molecule has 198 valence electrons. The number of aliphatic hydroxyl groups excluding tert-OH is 1. The molecular weight excluding hydrogens is 476 g/mol. The Labute approximate surface area is 223 Å². The van der Waals surface area contributed by atoms with E-state index in [9.17, 15) is 5.11 Å². The highest BCUT2D eigenvalue weighted by Gasteiger charge is 2.24. The van der Waals surface area contributed by atoms with E-state index in [1.807, 2.05) is 30.6 Å². The van der Waals surface area contributed by atoms with Crippen molar-refractivity contribution >= 4 is 17.0 Å². The maximum absolute atomic E-state index is 9.66. The average molecular weight is 513 g/mol. The number of imidazole rings is 1. The lowest BCUT2D eigenvalue weighted by atomic mass is 9.96. The van der Waals surface area contributed by atoms with Crippen molar-refractivity contribution in [1.82, 2.24) is 24.4 Å². The summed E-state index contributed by atoms with van der Waals surface area (Å²) in [6.07, 6.45) is 5.42. The molecule has 8 nitrogen and oxygen atoms in total. The van der Waals surface area contributed by atoms with E-state index in [-0.39, 0.29) is 6.61 Å². The molecule has 2 aliphatic rings. The number of likely N-dealkylation sites (tertiary alicyclic amines) is 1. The minimum Gasteiger partial charge on any atom is -0.392 e. The number of anilines is 1. The van der Waals surface area contributed by atoms with Gasteiger partial charge in [0.25, 0.3) is 0 Å². The van der Waals surface area contributed by atoms with Crippen LogP contribution in [0.25, 0.3) is 22.6 Å². The van der Waals surface area contributed by atoms with E-state index in [2.05, 4.69) is 44.7 Å². The number of benzene rings is 2. The molecule has 0 amide bonds. The van der Waals surface area contributed by atoms with Crippen LogP contribution in [0.1, 0.15) is 24.0 Å². The number of piperidine rings is 1. The van der Waals surface area contributed by atoms with Crippen LogP contribution in [0.2, 0.25) is 0 Å². The smallest absolute Gasteiger partial charge is 0.166 e. The van der Waals surface area contributed by atoms with Crippen LogP contribution in [0, 0.1) is 5.92 Å². The van der Waals surface area contributed by atoms with Gasteiger partial charge in [0.1, 0.15) is 0 Å². The Hall–Kier alpha value is -3.33. The van der Waals surface area contributed by atoms with Crippen LogP contribution in [-0.4, -0.2) is 75.5 Å². The second-order valence-electron chi connectivity index (χ2n) is 10.4. The summed E-state index contributed by atoms with van der Waals surface area (Å²) in [7, 11) is 0. The Morgan fingerprint density at radius 2 is 1.68 bits per heavy atom. The highest BCUT2D eigenvalue weighted by molar-refractivity contribution is 5.85. The molecule has 2 saturated heterocycles. The Morgan fingerprint density at radius 3 is 2.47 bits per heavy atom. The Balaban J connectivity index is 1.21. The number of hydrogen-bond acceptors (Lipinski definition) is 7. The normalized spacial score (nSPS) is 17.3. The largest absolute Gasteiger partial charge is 0.392 e. The summed E-state index contributed by atoms with van der Waals surface area (Å²) < 4.78 is 7.82.